The Morgan fingerprint density at radius 3 is 2.78 bits per heavy atom. The summed E-state index contributed by atoms with van der Waals surface area (Å²) in [7, 11) is 0. The van der Waals surface area contributed by atoms with Gasteiger partial charge in [-0.3, -0.25) is 4.98 Å². The summed E-state index contributed by atoms with van der Waals surface area (Å²) in [5.41, 5.74) is 1.06. The maximum absolute atomic E-state index is 4.59. The van der Waals surface area contributed by atoms with Gasteiger partial charge >= 0.3 is 0 Å². The highest BCUT2D eigenvalue weighted by Crippen LogP contribution is 2.30. The van der Waals surface area contributed by atoms with Crippen LogP contribution in [0, 0.1) is 6.92 Å². The summed E-state index contributed by atoms with van der Waals surface area (Å²) in [4.78, 5) is 8.74. The van der Waals surface area contributed by atoms with Crippen molar-refractivity contribution in [3.8, 4) is 11.4 Å². The van der Waals surface area contributed by atoms with Crippen LogP contribution in [0.5, 0.6) is 0 Å². The Labute approximate surface area is 107 Å². The van der Waals surface area contributed by atoms with Crippen molar-refractivity contribution in [1.82, 2.24) is 19.7 Å². The van der Waals surface area contributed by atoms with Crippen molar-refractivity contribution >= 4 is 0 Å². The van der Waals surface area contributed by atoms with Crippen LogP contribution >= 0.6 is 0 Å². The van der Waals surface area contributed by atoms with Crippen LogP contribution in [0.15, 0.2) is 24.5 Å². The minimum atomic E-state index is 0.509. The molecule has 0 aliphatic heterocycles. The standard InChI is InChI=1S/C14H18N4/c1-11-16-14(12-6-5-9-15-10-12)18(17-11)13-7-3-2-4-8-13/h5-6,9-10,13H,2-4,7-8H2,1H3. The van der Waals surface area contributed by atoms with E-state index in [4.69, 9.17) is 0 Å². The van der Waals surface area contributed by atoms with Crippen molar-refractivity contribution in [3.05, 3.63) is 30.4 Å². The molecule has 0 unspecified atom stereocenters. The molecule has 0 aromatic carbocycles. The minimum absolute atomic E-state index is 0.509. The molecule has 4 nitrogen and oxygen atoms in total. The number of hydrogen-bond donors (Lipinski definition) is 0. The molecule has 2 aromatic heterocycles. The highest BCUT2D eigenvalue weighted by Gasteiger charge is 2.20. The predicted molar refractivity (Wildman–Crippen MR) is 70.1 cm³/mol. The number of rotatable bonds is 2. The van der Waals surface area contributed by atoms with Gasteiger partial charge in [0.15, 0.2) is 5.82 Å². The summed E-state index contributed by atoms with van der Waals surface area (Å²) >= 11 is 0. The molecule has 0 amide bonds. The summed E-state index contributed by atoms with van der Waals surface area (Å²) in [5.74, 6) is 1.81. The van der Waals surface area contributed by atoms with Crippen LogP contribution in [0.4, 0.5) is 0 Å². The normalized spacial score (nSPS) is 16.9. The fourth-order valence-corrected chi connectivity index (χ4v) is 2.70. The number of aromatic nitrogens is 4. The lowest BCUT2D eigenvalue weighted by Gasteiger charge is -2.23. The molecule has 1 aliphatic carbocycles. The van der Waals surface area contributed by atoms with Gasteiger partial charge in [0.25, 0.3) is 0 Å². The summed E-state index contributed by atoms with van der Waals surface area (Å²) in [5, 5.41) is 4.59. The lowest BCUT2D eigenvalue weighted by Crippen LogP contribution is -2.15. The summed E-state index contributed by atoms with van der Waals surface area (Å²) < 4.78 is 2.12. The van der Waals surface area contributed by atoms with E-state index < -0.39 is 0 Å². The van der Waals surface area contributed by atoms with E-state index in [0.29, 0.717) is 6.04 Å². The molecule has 3 rings (SSSR count). The Balaban J connectivity index is 1.99. The zero-order chi connectivity index (χ0) is 12.4. The quantitative estimate of drug-likeness (QED) is 0.812. The molecule has 0 bridgehead atoms. The van der Waals surface area contributed by atoms with Crippen molar-refractivity contribution in [2.75, 3.05) is 0 Å². The molecule has 0 radical (unpaired) electrons. The molecule has 2 aromatic rings. The molecule has 1 aliphatic rings. The second-order valence-corrected chi connectivity index (χ2v) is 4.96. The van der Waals surface area contributed by atoms with Crippen molar-refractivity contribution in [1.29, 1.82) is 0 Å². The zero-order valence-corrected chi connectivity index (χ0v) is 10.7. The monoisotopic (exact) mass is 242 g/mol. The molecule has 4 heteroatoms. The summed E-state index contributed by atoms with van der Waals surface area (Å²) in [6.07, 6.45) is 10.0. The highest BCUT2D eigenvalue weighted by atomic mass is 15.4. The Morgan fingerprint density at radius 2 is 2.06 bits per heavy atom. The van der Waals surface area contributed by atoms with Crippen LogP contribution in [0.1, 0.15) is 44.0 Å². The molecule has 2 heterocycles. The summed E-state index contributed by atoms with van der Waals surface area (Å²) in [6, 6.07) is 4.51. The average Bonchev–Trinajstić information content (AvgIpc) is 2.83. The number of nitrogens with zero attached hydrogens (tertiary/aromatic N) is 4. The van der Waals surface area contributed by atoms with Crippen molar-refractivity contribution in [3.63, 3.8) is 0 Å². The summed E-state index contributed by atoms with van der Waals surface area (Å²) in [6.45, 7) is 1.96. The van der Waals surface area contributed by atoms with Gasteiger partial charge in [-0.15, -0.1) is 0 Å². The third-order valence-electron chi connectivity index (χ3n) is 3.58. The van der Waals surface area contributed by atoms with Crippen molar-refractivity contribution in [2.24, 2.45) is 0 Å². The SMILES string of the molecule is Cc1nc(-c2cccnc2)n(C2CCCCC2)n1. The maximum atomic E-state index is 4.59. The molecule has 0 saturated heterocycles. The second kappa shape index (κ2) is 4.88. The van der Waals surface area contributed by atoms with Gasteiger partial charge in [0.2, 0.25) is 0 Å². The van der Waals surface area contributed by atoms with E-state index in [0.717, 1.165) is 17.2 Å². The van der Waals surface area contributed by atoms with Crippen molar-refractivity contribution < 1.29 is 0 Å². The molecule has 94 valence electrons. The fraction of sp³-hybridized carbons (Fsp3) is 0.500. The van der Waals surface area contributed by atoms with Gasteiger partial charge in [-0.05, 0) is 31.9 Å². The minimum Gasteiger partial charge on any atom is -0.264 e. The van der Waals surface area contributed by atoms with Crippen LogP contribution in [0.2, 0.25) is 0 Å². The van der Waals surface area contributed by atoms with E-state index in [1.54, 1.807) is 6.20 Å². The smallest absolute Gasteiger partial charge is 0.160 e. The number of pyridine rings is 1. The number of aryl methyl sites for hydroxylation is 1. The molecule has 0 atom stereocenters. The third kappa shape index (κ3) is 2.15. The molecule has 0 N–H and O–H groups in total. The third-order valence-corrected chi connectivity index (χ3v) is 3.58. The molecule has 0 spiro atoms. The number of hydrogen-bond acceptors (Lipinski definition) is 3. The maximum Gasteiger partial charge on any atom is 0.160 e. The Hall–Kier alpha value is -1.71. The van der Waals surface area contributed by atoms with Crippen LogP contribution < -0.4 is 0 Å². The van der Waals surface area contributed by atoms with Gasteiger partial charge in [0.1, 0.15) is 5.82 Å². The van der Waals surface area contributed by atoms with Gasteiger partial charge in [0.05, 0.1) is 6.04 Å². The lowest BCUT2D eigenvalue weighted by molar-refractivity contribution is 0.331. The first kappa shape index (κ1) is 11.4. The zero-order valence-electron chi connectivity index (χ0n) is 10.7. The second-order valence-electron chi connectivity index (χ2n) is 4.96. The Kier molecular flexibility index (Phi) is 3.09. The van der Waals surface area contributed by atoms with Crippen LogP contribution in [0.25, 0.3) is 11.4 Å². The first-order valence-electron chi connectivity index (χ1n) is 6.68. The van der Waals surface area contributed by atoms with E-state index in [1.165, 1.54) is 32.1 Å². The van der Waals surface area contributed by atoms with Crippen molar-refractivity contribution in [2.45, 2.75) is 45.1 Å². The first-order valence-corrected chi connectivity index (χ1v) is 6.68. The topological polar surface area (TPSA) is 43.6 Å². The van der Waals surface area contributed by atoms with Gasteiger partial charge in [-0.25, -0.2) is 9.67 Å². The molecule has 18 heavy (non-hydrogen) atoms. The van der Waals surface area contributed by atoms with E-state index in [2.05, 4.69) is 25.8 Å². The van der Waals surface area contributed by atoms with Gasteiger partial charge < -0.3 is 0 Å². The predicted octanol–water partition coefficient (Wildman–Crippen LogP) is 3.15. The average molecular weight is 242 g/mol. The molecular weight excluding hydrogens is 224 g/mol. The van der Waals surface area contributed by atoms with Gasteiger partial charge in [0, 0.05) is 18.0 Å². The Morgan fingerprint density at radius 1 is 1.22 bits per heavy atom. The van der Waals surface area contributed by atoms with Gasteiger partial charge in [-0.1, -0.05) is 19.3 Å². The lowest BCUT2D eigenvalue weighted by atomic mass is 9.95. The van der Waals surface area contributed by atoms with Crippen LogP contribution in [-0.4, -0.2) is 19.7 Å². The highest BCUT2D eigenvalue weighted by molar-refractivity contribution is 5.53. The van der Waals surface area contributed by atoms with E-state index >= 15 is 0 Å². The van der Waals surface area contributed by atoms with Crippen LogP contribution in [-0.2, 0) is 0 Å². The molecular formula is C14H18N4. The van der Waals surface area contributed by atoms with Crippen LogP contribution in [0.3, 0.4) is 0 Å². The molecule has 1 saturated carbocycles. The van der Waals surface area contributed by atoms with Gasteiger partial charge in [-0.2, -0.15) is 5.10 Å². The first-order chi connectivity index (χ1) is 8.84. The fourth-order valence-electron chi connectivity index (χ4n) is 2.70. The largest absolute Gasteiger partial charge is 0.264 e. The Bertz CT molecular complexity index is 512. The molecule has 1 fully saturated rings. The van der Waals surface area contributed by atoms with E-state index in [1.807, 2.05) is 19.2 Å². The van der Waals surface area contributed by atoms with E-state index in [9.17, 15) is 0 Å². The van der Waals surface area contributed by atoms with E-state index in [-0.39, 0.29) is 0 Å².